The molecule has 28 heavy (non-hydrogen) atoms. The number of amides is 1. The number of aromatic amines is 1. The Morgan fingerprint density at radius 1 is 1.29 bits per heavy atom. The number of H-pyrrole nitrogens is 1. The lowest BCUT2D eigenvalue weighted by Crippen LogP contribution is -2.54. The first-order valence-electron chi connectivity index (χ1n) is 10.3. The van der Waals surface area contributed by atoms with Gasteiger partial charge in [-0.1, -0.05) is 12.1 Å². The third kappa shape index (κ3) is 4.27. The van der Waals surface area contributed by atoms with Gasteiger partial charge in [0.05, 0.1) is 6.33 Å². The van der Waals surface area contributed by atoms with Crippen LogP contribution in [0.5, 0.6) is 0 Å². The highest BCUT2D eigenvalue weighted by molar-refractivity contribution is 5.77. The van der Waals surface area contributed by atoms with E-state index in [1.807, 2.05) is 25.3 Å². The summed E-state index contributed by atoms with van der Waals surface area (Å²) >= 11 is 0. The second-order valence-electron chi connectivity index (χ2n) is 8.54. The number of hydrogen-bond acceptors (Lipinski definition) is 3. The Bertz CT molecular complexity index is 822. The summed E-state index contributed by atoms with van der Waals surface area (Å²) in [5.74, 6) is 0.133. The molecule has 0 aliphatic carbocycles. The highest BCUT2D eigenvalue weighted by Crippen LogP contribution is 2.39. The fraction of sp³-hybridized carbons (Fsp3) is 0.545. The number of benzene rings is 1. The Balaban J connectivity index is 1.40. The molecule has 2 aliphatic heterocycles. The van der Waals surface area contributed by atoms with Gasteiger partial charge >= 0.3 is 0 Å². The molecule has 4 rings (SSSR count). The Morgan fingerprint density at radius 2 is 2.18 bits per heavy atom. The summed E-state index contributed by atoms with van der Waals surface area (Å²) in [5.41, 5.74) is 3.13. The first-order valence-corrected chi connectivity index (χ1v) is 10.3. The van der Waals surface area contributed by atoms with Gasteiger partial charge in [-0.15, -0.1) is 0 Å². The van der Waals surface area contributed by atoms with E-state index in [-0.39, 0.29) is 17.1 Å². The molecular formula is C22H29FN4O. The van der Waals surface area contributed by atoms with Gasteiger partial charge in [-0.2, -0.15) is 0 Å². The molecule has 0 radical (unpaired) electrons. The minimum Gasteiger partial charge on any atom is -0.348 e. The van der Waals surface area contributed by atoms with E-state index in [0.29, 0.717) is 12.0 Å². The summed E-state index contributed by atoms with van der Waals surface area (Å²) < 4.78 is 13.6. The van der Waals surface area contributed by atoms with Crippen molar-refractivity contribution in [2.75, 3.05) is 26.2 Å². The second kappa shape index (κ2) is 8.03. The van der Waals surface area contributed by atoms with Crippen LogP contribution in [0.25, 0.3) is 0 Å². The Hall–Kier alpha value is -2.21. The SMILES string of the molecule is Cc1cc(CN2CCC[C@]3(CCC(=O)N(CCc4cnc[nH]4)C3)C2)ccc1F. The van der Waals surface area contributed by atoms with Crippen LogP contribution in [0.4, 0.5) is 4.39 Å². The molecule has 1 N–H and O–H groups in total. The fourth-order valence-corrected chi connectivity index (χ4v) is 4.82. The maximum Gasteiger partial charge on any atom is 0.222 e. The van der Waals surface area contributed by atoms with Crippen molar-refractivity contribution in [1.82, 2.24) is 19.8 Å². The molecule has 1 aromatic heterocycles. The molecule has 6 heteroatoms. The molecule has 0 unspecified atom stereocenters. The van der Waals surface area contributed by atoms with Crippen LogP contribution < -0.4 is 0 Å². The Labute approximate surface area is 165 Å². The van der Waals surface area contributed by atoms with Crippen LogP contribution in [0.1, 0.15) is 42.5 Å². The molecule has 5 nitrogen and oxygen atoms in total. The number of imidazole rings is 1. The van der Waals surface area contributed by atoms with Crippen LogP contribution in [0.15, 0.2) is 30.7 Å². The van der Waals surface area contributed by atoms with Crippen molar-refractivity contribution < 1.29 is 9.18 Å². The highest BCUT2D eigenvalue weighted by atomic mass is 19.1. The topological polar surface area (TPSA) is 52.2 Å². The summed E-state index contributed by atoms with van der Waals surface area (Å²) in [4.78, 5) is 24.2. The number of carbonyl (C=O) groups excluding carboxylic acids is 1. The van der Waals surface area contributed by atoms with Crippen molar-refractivity contribution in [1.29, 1.82) is 0 Å². The quantitative estimate of drug-likeness (QED) is 0.861. The van der Waals surface area contributed by atoms with E-state index in [9.17, 15) is 9.18 Å². The smallest absolute Gasteiger partial charge is 0.222 e. The van der Waals surface area contributed by atoms with Gasteiger partial charge in [0.2, 0.25) is 5.91 Å². The third-order valence-electron chi connectivity index (χ3n) is 6.32. The molecule has 0 saturated carbocycles. The average molecular weight is 384 g/mol. The van der Waals surface area contributed by atoms with Gasteiger partial charge < -0.3 is 9.88 Å². The lowest BCUT2D eigenvalue weighted by atomic mass is 9.73. The number of hydrogen-bond donors (Lipinski definition) is 1. The lowest BCUT2D eigenvalue weighted by molar-refractivity contribution is -0.139. The molecule has 1 spiro atoms. The Kier molecular flexibility index (Phi) is 5.49. The second-order valence-corrected chi connectivity index (χ2v) is 8.54. The zero-order chi connectivity index (χ0) is 19.6. The molecule has 2 saturated heterocycles. The van der Waals surface area contributed by atoms with Crippen LogP contribution in [-0.4, -0.2) is 51.9 Å². The summed E-state index contributed by atoms with van der Waals surface area (Å²) in [6.07, 6.45) is 8.29. The van der Waals surface area contributed by atoms with E-state index in [4.69, 9.17) is 0 Å². The van der Waals surface area contributed by atoms with Crippen LogP contribution in [-0.2, 0) is 17.8 Å². The van der Waals surface area contributed by atoms with Crippen LogP contribution in [0.3, 0.4) is 0 Å². The standard InChI is InChI=1S/C22H29FN4O/c1-17-11-18(3-4-20(17)23)13-26-9-2-7-22(14-26)8-5-21(28)27(15-22)10-6-19-12-24-16-25-19/h3-4,11-12,16H,2,5-10,13-15H2,1H3,(H,24,25)/t22-/m0/s1. The van der Waals surface area contributed by atoms with E-state index < -0.39 is 0 Å². The monoisotopic (exact) mass is 384 g/mol. The number of nitrogens with zero attached hydrogens (tertiary/aromatic N) is 3. The summed E-state index contributed by atoms with van der Waals surface area (Å²) in [5, 5.41) is 0. The van der Waals surface area contributed by atoms with E-state index in [1.165, 1.54) is 12.0 Å². The van der Waals surface area contributed by atoms with Gasteiger partial charge in [-0.25, -0.2) is 9.37 Å². The molecule has 1 atom stereocenters. The molecule has 150 valence electrons. The van der Waals surface area contributed by atoms with Crippen LogP contribution in [0.2, 0.25) is 0 Å². The number of piperidine rings is 2. The zero-order valence-corrected chi connectivity index (χ0v) is 16.6. The predicted octanol–water partition coefficient (Wildman–Crippen LogP) is 3.30. The van der Waals surface area contributed by atoms with Gasteiger partial charge in [0, 0.05) is 56.3 Å². The number of halogens is 1. The summed E-state index contributed by atoms with van der Waals surface area (Å²) in [7, 11) is 0. The molecule has 0 bridgehead atoms. The van der Waals surface area contributed by atoms with Crippen molar-refractivity contribution in [2.24, 2.45) is 5.41 Å². The molecular weight excluding hydrogens is 355 g/mol. The van der Waals surface area contributed by atoms with E-state index in [1.54, 1.807) is 12.4 Å². The lowest BCUT2D eigenvalue weighted by Gasteiger charge is -2.48. The van der Waals surface area contributed by atoms with Crippen LogP contribution >= 0.6 is 0 Å². The van der Waals surface area contributed by atoms with Gasteiger partial charge in [0.15, 0.2) is 0 Å². The molecule has 2 aromatic rings. The molecule has 3 heterocycles. The van der Waals surface area contributed by atoms with E-state index in [2.05, 4.69) is 19.8 Å². The Morgan fingerprint density at radius 3 is 2.96 bits per heavy atom. The highest BCUT2D eigenvalue weighted by Gasteiger charge is 2.41. The molecule has 2 fully saturated rings. The number of carbonyl (C=O) groups is 1. The minimum atomic E-state index is -0.141. The van der Waals surface area contributed by atoms with Crippen molar-refractivity contribution >= 4 is 5.91 Å². The average Bonchev–Trinajstić information content (AvgIpc) is 3.20. The van der Waals surface area contributed by atoms with Gasteiger partial charge in [-0.3, -0.25) is 9.69 Å². The van der Waals surface area contributed by atoms with E-state index >= 15 is 0 Å². The van der Waals surface area contributed by atoms with Crippen molar-refractivity contribution in [2.45, 2.75) is 45.6 Å². The van der Waals surface area contributed by atoms with Crippen molar-refractivity contribution in [3.63, 3.8) is 0 Å². The zero-order valence-electron chi connectivity index (χ0n) is 16.6. The first kappa shape index (κ1) is 19.1. The molecule has 1 amide bonds. The number of aromatic nitrogens is 2. The molecule has 2 aliphatic rings. The maximum absolute atomic E-state index is 13.6. The normalized spacial score (nSPS) is 23.5. The van der Waals surface area contributed by atoms with Gasteiger partial charge in [0.1, 0.15) is 5.82 Å². The number of aryl methyl sites for hydroxylation is 1. The maximum atomic E-state index is 13.6. The number of nitrogens with one attached hydrogen (secondary N) is 1. The minimum absolute atomic E-state index is 0.141. The van der Waals surface area contributed by atoms with E-state index in [0.717, 1.165) is 57.7 Å². The van der Waals surface area contributed by atoms with Crippen molar-refractivity contribution in [3.05, 3.63) is 53.4 Å². The van der Waals surface area contributed by atoms with Crippen LogP contribution in [0, 0.1) is 18.2 Å². The number of likely N-dealkylation sites (tertiary alicyclic amines) is 2. The number of rotatable bonds is 5. The fourth-order valence-electron chi connectivity index (χ4n) is 4.82. The van der Waals surface area contributed by atoms with Gasteiger partial charge in [-0.05, 0) is 49.9 Å². The molecule has 1 aromatic carbocycles. The third-order valence-corrected chi connectivity index (χ3v) is 6.32. The first-order chi connectivity index (χ1) is 13.5. The van der Waals surface area contributed by atoms with Gasteiger partial charge in [0.25, 0.3) is 0 Å². The largest absolute Gasteiger partial charge is 0.348 e. The predicted molar refractivity (Wildman–Crippen MR) is 106 cm³/mol. The summed E-state index contributed by atoms with van der Waals surface area (Å²) in [6, 6.07) is 5.42. The summed E-state index contributed by atoms with van der Waals surface area (Å²) in [6.45, 7) is 6.35. The van der Waals surface area contributed by atoms with Crippen molar-refractivity contribution in [3.8, 4) is 0 Å².